The molecule has 0 aliphatic carbocycles. The first kappa shape index (κ1) is 13.1. The second-order valence-corrected chi connectivity index (χ2v) is 3.63. The highest BCUT2D eigenvalue weighted by Crippen LogP contribution is 2.30. The van der Waals surface area contributed by atoms with Crippen LogP contribution in [0.15, 0.2) is 18.5 Å². The summed E-state index contributed by atoms with van der Waals surface area (Å²) in [7, 11) is 1.68. The van der Waals surface area contributed by atoms with E-state index < -0.39 is 11.9 Å². The average Bonchev–Trinajstić information content (AvgIpc) is 2.73. The maximum Gasteiger partial charge on any atom is 0.433 e. The molecular formula is C9H10F3N7. The number of halogens is 3. The van der Waals surface area contributed by atoms with Gasteiger partial charge in [-0.25, -0.2) is 10.8 Å². The summed E-state index contributed by atoms with van der Waals surface area (Å²) in [6, 6.07) is 0.786. The molecule has 0 aromatic carbocycles. The number of aryl methyl sites for hydroxylation is 1. The number of nitrogens with zero attached hydrogens (tertiary/aromatic N) is 4. The highest BCUT2D eigenvalue weighted by atomic mass is 19.4. The third-order valence-electron chi connectivity index (χ3n) is 2.12. The maximum absolute atomic E-state index is 12.6. The molecule has 0 atom stereocenters. The number of hydrogen-bond donors (Lipinski definition) is 3. The van der Waals surface area contributed by atoms with Crippen LogP contribution in [0.1, 0.15) is 5.69 Å². The number of nitrogens with one attached hydrogen (secondary N) is 2. The Balaban J connectivity index is 2.34. The molecule has 0 radical (unpaired) electrons. The van der Waals surface area contributed by atoms with Crippen molar-refractivity contribution < 1.29 is 13.2 Å². The van der Waals surface area contributed by atoms with Gasteiger partial charge in [0, 0.05) is 19.3 Å². The van der Waals surface area contributed by atoms with Gasteiger partial charge in [0.15, 0.2) is 5.69 Å². The van der Waals surface area contributed by atoms with Crippen molar-refractivity contribution in [1.29, 1.82) is 0 Å². The normalized spacial score (nSPS) is 11.4. The molecule has 10 heteroatoms. The molecule has 0 aliphatic rings. The average molecular weight is 273 g/mol. The third kappa shape index (κ3) is 3.10. The Morgan fingerprint density at radius 2 is 2.05 bits per heavy atom. The molecule has 0 spiro atoms. The minimum atomic E-state index is -4.58. The van der Waals surface area contributed by atoms with Gasteiger partial charge in [-0.15, -0.1) is 0 Å². The lowest BCUT2D eigenvalue weighted by Gasteiger charge is -2.10. The van der Waals surface area contributed by atoms with Gasteiger partial charge < -0.3 is 5.32 Å². The summed E-state index contributed by atoms with van der Waals surface area (Å²) in [6.07, 6.45) is -1.55. The number of hydrazine groups is 1. The Morgan fingerprint density at radius 1 is 1.32 bits per heavy atom. The molecule has 2 heterocycles. The number of nitrogens with two attached hydrogens (primary N) is 1. The molecular weight excluding hydrogens is 263 g/mol. The summed E-state index contributed by atoms with van der Waals surface area (Å²) in [5, 5.41) is 6.56. The fraction of sp³-hybridized carbons (Fsp3) is 0.222. The molecule has 102 valence electrons. The smallest absolute Gasteiger partial charge is 0.337 e. The van der Waals surface area contributed by atoms with Crippen LogP contribution in [0.2, 0.25) is 0 Å². The molecule has 7 nitrogen and oxygen atoms in total. The molecule has 2 aromatic heterocycles. The number of nitrogen functional groups attached to an aromatic ring is 1. The highest BCUT2D eigenvalue weighted by Gasteiger charge is 2.33. The zero-order valence-electron chi connectivity index (χ0n) is 9.73. The van der Waals surface area contributed by atoms with Crippen molar-refractivity contribution in [2.45, 2.75) is 6.18 Å². The van der Waals surface area contributed by atoms with Crippen LogP contribution in [0.3, 0.4) is 0 Å². The summed E-state index contributed by atoms with van der Waals surface area (Å²) in [5.74, 6) is 4.67. The molecule has 0 fully saturated rings. The van der Waals surface area contributed by atoms with Crippen molar-refractivity contribution in [3.8, 4) is 0 Å². The molecule has 19 heavy (non-hydrogen) atoms. The van der Waals surface area contributed by atoms with Gasteiger partial charge in [-0.1, -0.05) is 0 Å². The Labute approximate surface area is 105 Å². The standard InChI is InChI=1S/C9H10F3N7/c1-19-4-5(3-14-19)15-7-2-6(9(10,11)12)16-8(17-7)18-13/h2-4H,13H2,1H3,(H2,15,16,17,18). The second-order valence-electron chi connectivity index (χ2n) is 3.63. The quantitative estimate of drug-likeness (QED) is 0.575. The molecule has 2 aromatic rings. The van der Waals surface area contributed by atoms with Crippen molar-refractivity contribution in [2.24, 2.45) is 12.9 Å². The van der Waals surface area contributed by atoms with E-state index in [0.29, 0.717) is 5.69 Å². The monoisotopic (exact) mass is 273 g/mol. The zero-order valence-corrected chi connectivity index (χ0v) is 9.73. The summed E-state index contributed by atoms with van der Waals surface area (Å²) in [6.45, 7) is 0. The lowest BCUT2D eigenvalue weighted by atomic mass is 10.3. The summed E-state index contributed by atoms with van der Waals surface area (Å²) in [5.41, 5.74) is 1.39. The van der Waals surface area contributed by atoms with Crippen LogP contribution < -0.4 is 16.6 Å². The Bertz CT molecular complexity index is 577. The molecule has 0 saturated carbocycles. The van der Waals surface area contributed by atoms with Crippen molar-refractivity contribution in [3.63, 3.8) is 0 Å². The van der Waals surface area contributed by atoms with Gasteiger partial charge in [-0.2, -0.15) is 23.3 Å². The Hall–Kier alpha value is -2.36. The largest absolute Gasteiger partial charge is 0.433 e. The van der Waals surface area contributed by atoms with Crippen molar-refractivity contribution in [3.05, 3.63) is 24.2 Å². The molecule has 0 saturated heterocycles. The Morgan fingerprint density at radius 3 is 2.58 bits per heavy atom. The van der Waals surface area contributed by atoms with E-state index in [1.807, 2.05) is 5.43 Å². The summed E-state index contributed by atoms with van der Waals surface area (Å²) >= 11 is 0. The lowest BCUT2D eigenvalue weighted by molar-refractivity contribution is -0.141. The van der Waals surface area contributed by atoms with E-state index in [1.165, 1.54) is 10.9 Å². The topological polar surface area (TPSA) is 93.7 Å². The first-order valence-corrected chi connectivity index (χ1v) is 5.07. The van der Waals surface area contributed by atoms with Crippen LogP contribution >= 0.6 is 0 Å². The number of hydrogen-bond acceptors (Lipinski definition) is 6. The van der Waals surface area contributed by atoms with E-state index in [1.54, 1.807) is 13.2 Å². The van der Waals surface area contributed by atoms with Gasteiger partial charge in [-0.3, -0.25) is 10.1 Å². The van der Waals surface area contributed by atoms with Gasteiger partial charge in [0.2, 0.25) is 5.95 Å². The molecule has 0 amide bonds. The van der Waals surface area contributed by atoms with Crippen LogP contribution in [-0.4, -0.2) is 19.7 Å². The second kappa shape index (κ2) is 4.72. The van der Waals surface area contributed by atoms with Gasteiger partial charge in [0.25, 0.3) is 0 Å². The fourth-order valence-corrected chi connectivity index (χ4v) is 1.35. The first-order chi connectivity index (χ1) is 8.88. The van der Waals surface area contributed by atoms with E-state index in [0.717, 1.165) is 6.07 Å². The molecule has 4 N–H and O–H groups in total. The molecule has 0 bridgehead atoms. The number of aromatic nitrogens is 4. The third-order valence-corrected chi connectivity index (χ3v) is 2.12. The lowest BCUT2D eigenvalue weighted by Crippen LogP contribution is -2.16. The van der Waals surface area contributed by atoms with Crippen LogP contribution in [0.25, 0.3) is 0 Å². The van der Waals surface area contributed by atoms with E-state index >= 15 is 0 Å². The number of anilines is 3. The van der Waals surface area contributed by atoms with Gasteiger partial charge >= 0.3 is 6.18 Å². The first-order valence-electron chi connectivity index (χ1n) is 5.07. The van der Waals surface area contributed by atoms with E-state index in [9.17, 15) is 13.2 Å². The number of alkyl halides is 3. The van der Waals surface area contributed by atoms with E-state index in [-0.39, 0.29) is 11.8 Å². The number of rotatable bonds is 3. The van der Waals surface area contributed by atoms with Crippen LogP contribution in [0.5, 0.6) is 0 Å². The predicted octanol–water partition coefficient (Wildman–Crippen LogP) is 1.26. The predicted molar refractivity (Wildman–Crippen MR) is 61.3 cm³/mol. The fourth-order valence-electron chi connectivity index (χ4n) is 1.35. The minimum Gasteiger partial charge on any atom is -0.337 e. The molecule has 0 aliphatic heterocycles. The summed E-state index contributed by atoms with van der Waals surface area (Å²) < 4.78 is 39.4. The van der Waals surface area contributed by atoms with Crippen molar-refractivity contribution in [2.75, 3.05) is 10.7 Å². The summed E-state index contributed by atoms with van der Waals surface area (Å²) in [4.78, 5) is 7.01. The molecule has 0 unspecified atom stereocenters. The van der Waals surface area contributed by atoms with Gasteiger partial charge in [0.1, 0.15) is 5.82 Å². The van der Waals surface area contributed by atoms with Crippen molar-refractivity contribution >= 4 is 17.5 Å². The van der Waals surface area contributed by atoms with Gasteiger partial charge in [-0.05, 0) is 0 Å². The SMILES string of the molecule is Cn1cc(Nc2cc(C(F)(F)F)nc(NN)n2)cn1. The Kier molecular flexibility index (Phi) is 3.25. The van der Waals surface area contributed by atoms with Crippen LogP contribution in [-0.2, 0) is 13.2 Å². The maximum atomic E-state index is 12.6. The van der Waals surface area contributed by atoms with E-state index in [2.05, 4.69) is 20.4 Å². The highest BCUT2D eigenvalue weighted by molar-refractivity contribution is 5.55. The molecule has 2 rings (SSSR count). The zero-order chi connectivity index (χ0) is 14.0. The van der Waals surface area contributed by atoms with Crippen LogP contribution in [0, 0.1) is 0 Å². The van der Waals surface area contributed by atoms with E-state index in [4.69, 9.17) is 5.84 Å². The minimum absolute atomic E-state index is 0.0386. The van der Waals surface area contributed by atoms with Gasteiger partial charge in [0.05, 0.1) is 11.9 Å². The van der Waals surface area contributed by atoms with Crippen molar-refractivity contribution in [1.82, 2.24) is 19.7 Å². The van der Waals surface area contributed by atoms with Crippen LogP contribution in [0.4, 0.5) is 30.6 Å².